The van der Waals surface area contributed by atoms with Crippen molar-refractivity contribution in [3.8, 4) is 11.5 Å². The second kappa shape index (κ2) is 7.55. The van der Waals surface area contributed by atoms with E-state index < -0.39 is 0 Å². The van der Waals surface area contributed by atoms with Crippen molar-refractivity contribution in [2.24, 2.45) is 0 Å². The van der Waals surface area contributed by atoms with Crippen molar-refractivity contribution in [1.82, 2.24) is 4.90 Å². The summed E-state index contributed by atoms with van der Waals surface area (Å²) in [6.45, 7) is 13.1. The number of ether oxygens (including phenoxy) is 1. The highest BCUT2D eigenvalue weighted by Crippen LogP contribution is 2.42. The molecule has 0 saturated heterocycles. The minimum atomic E-state index is -0.142. The molecule has 1 atom stereocenters. The minimum Gasteiger partial charge on any atom is -0.507 e. The smallest absolute Gasteiger partial charge is 0.124 e. The second-order valence-electron chi connectivity index (χ2n) is 9.60. The molecule has 27 heavy (non-hydrogen) atoms. The molecule has 148 valence electrons. The number of phenols is 1. The Morgan fingerprint density at radius 3 is 1.85 bits per heavy atom. The van der Waals surface area contributed by atoms with Crippen LogP contribution in [0, 0.1) is 0 Å². The number of benzene rings is 2. The van der Waals surface area contributed by atoms with E-state index in [2.05, 4.69) is 84.8 Å². The van der Waals surface area contributed by atoms with Gasteiger partial charge in [-0.3, -0.25) is 4.90 Å². The highest BCUT2D eigenvalue weighted by molar-refractivity contribution is 5.52. The van der Waals surface area contributed by atoms with E-state index in [9.17, 15) is 5.11 Å². The number of aromatic hydroxyl groups is 1. The van der Waals surface area contributed by atoms with Gasteiger partial charge in [-0.25, -0.2) is 0 Å². The summed E-state index contributed by atoms with van der Waals surface area (Å²) in [6.07, 6.45) is 0. The van der Waals surface area contributed by atoms with Gasteiger partial charge in [0.15, 0.2) is 0 Å². The highest BCUT2D eigenvalue weighted by Gasteiger charge is 2.29. The number of hydrogen-bond acceptors (Lipinski definition) is 3. The lowest BCUT2D eigenvalue weighted by Crippen LogP contribution is -2.24. The highest BCUT2D eigenvalue weighted by atomic mass is 16.5. The van der Waals surface area contributed by atoms with Crippen LogP contribution in [-0.4, -0.2) is 31.2 Å². The largest absolute Gasteiger partial charge is 0.507 e. The zero-order chi connectivity index (χ0) is 20.6. The maximum Gasteiger partial charge on any atom is 0.124 e. The third kappa shape index (κ3) is 4.65. The third-order valence-corrected chi connectivity index (χ3v) is 5.06. The first-order valence-electron chi connectivity index (χ1n) is 9.54. The van der Waals surface area contributed by atoms with Gasteiger partial charge in [0, 0.05) is 5.56 Å². The van der Waals surface area contributed by atoms with Crippen LogP contribution in [0.5, 0.6) is 11.5 Å². The molecule has 1 unspecified atom stereocenters. The number of methoxy groups -OCH3 is 1. The molecule has 2 aromatic rings. The predicted molar refractivity (Wildman–Crippen MR) is 114 cm³/mol. The first-order chi connectivity index (χ1) is 12.4. The molecule has 3 heteroatoms. The molecule has 0 aliphatic carbocycles. The van der Waals surface area contributed by atoms with E-state index in [0.717, 1.165) is 22.4 Å². The topological polar surface area (TPSA) is 32.7 Å². The third-order valence-electron chi connectivity index (χ3n) is 5.06. The lowest BCUT2D eigenvalue weighted by atomic mass is 9.77. The normalized spacial score (nSPS) is 13.7. The van der Waals surface area contributed by atoms with E-state index in [1.807, 2.05) is 12.1 Å². The summed E-state index contributed by atoms with van der Waals surface area (Å²) in [5.41, 5.74) is 4.16. The van der Waals surface area contributed by atoms with Crippen LogP contribution in [-0.2, 0) is 10.8 Å². The molecule has 0 fully saturated rings. The van der Waals surface area contributed by atoms with Crippen LogP contribution in [0.3, 0.4) is 0 Å². The molecule has 2 rings (SSSR count). The first kappa shape index (κ1) is 21.3. The average Bonchev–Trinajstić information content (AvgIpc) is 2.54. The molecule has 0 radical (unpaired) electrons. The van der Waals surface area contributed by atoms with Gasteiger partial charge in [0.05, 0.1) is 13.2 Å². The van der Waals surface area contributed by atoms with Crippen LogP contribution >= 0.6 is 0 Å². The van der Waals surface area contributed by atoms with Gasteiger partial charge in [0.1, 0.15) is 11.5 Å². The Morgan fingerprint density at radius 1 is 0.889 bits per heavy atom. The van der Waals surface area contributed by atoms with Crippen LogP contribution in [0.15, 0.2) is 36.4 Å². The van der Waals surface area contributed by atoms with Crippen molar-refractivity contribution in [2.75, 3.05) is 21.2 Å². The molecule has 0 bridgehead atoms. The predicted octanol–water partition coefficient (Wildman–Crippen LogP) is 5.65. The number of rotatable bonds is 4. The van der Waals surface area contributed by atoms with E-state index >= 15 is 0 Å². The zero-order valence-electron chi connectivity index (χ0n) is 18.3. The van der Waals surface area contributed by atoms with E-state index in [-0.39, 0.29) is 16.9 Å². The van der Waals surface area contributed by atoms with Crippen molar-refractivity contribution < 1.29 is 9.84 Å². The Morgan fingerprint density at radius 2 is 1.44 bits per heavy atom. The Balaban J connectivity index is 2.74. The summed E-state index contributed by atoms with van der Waals surface area (Å²) in [6, 6.07) is 12.4. The van der Waals surface area contributed by atoms with Gasteiger partial charge in [-0.15, -0.1) is 0 Å². The van der Waals surface area contributed by atoms with E-state index in [0.29, 0.717) is 5.75 Å². The van der Waals surface area contributed by atoms with Crippen molar-refractivity contribution >= 4 is 0 Å². The number of nitrogens with zero attached hydrogens (tertiary/aromatic N) is 1. The molecule has 0 aliphatic heterocycles. The van der Waals surface area contributed by atoms with Gasteiger partial charge in [-0.1, -0.05) is 59.7 Å². The molecule has 0 heterocycles. The van der Waals surface area contributed by atoms with Gasteiger partial charge >= 0.3 is 0 Å². The molecule has 0 aromatic heterocycles. The lowest BCUT2D eigenvalue weighted by molar-refractivity contribution is 0.328. The molecule has 0 spiro atoms. The van der Waals surface area contributed by atoms with Crippen LogP contribution in [0.4, 0.5) is 0 Å². The van der Waals surface area contributed by atoms with E-state index in [1.165, 1.54) is 5.56 Å². The second-order valence-corrected chi connectivity index (χ2v) is 9.60. The molecule has 0 aliphatic rings. The summed E-state index contributed by atoms with van der Waals surface area (Å²) < 4.78 is 5.30. The molecule has 2 aromatic carbocycles. The van der Waals surface area contributed by atoms with Gasteiger partial charge in [0.2, 0.25) is 0 Å². The Hall–Kier alpha value is -2.00. The van der Waals surface area contributed by atoms with Gasteiger partial charge in [-0.2, -0.15) is 0 Å². The van der Waals surface area contributed by atoms with Gasteiger partial charge in [-0.05, 0) is 59.8 Å². The molecule has 0 amide bonds. The summed E-state index contributed by atoms with van der Waals surface area (Å²) in [7, 11) is 5.77. The Kier molecular flexibility index (Phi) is 5.96. The van der Waals surface area contributed by atoms with Crippen LogP contribution in [0.2, 0.25) is 0 Å². The Labute approximate surface area is 165 Å². The van der Waals surface area contributed by atoms with E-state index in [1.54, 1.807) is 7.11 Å². The first-order valence-corrected chi connectivity index (χ1v) is 9.54. The van der Waals surface area contributed by atoms with Crippen molar-refractivity contribution in [1.29, 1.82) is 0 Å². The molecule has 0 saturated carbocycles. The number of phenolic OH excluding ortho intramolecular Hbond substituents is 1. The van der Waals surface area contributed by atoms with Crippen molar-refractivity contribution in [3.63, 3.8) is 0 Å². The summed E-state index contributed by atoms with van der Waals surface area (Å²) in [5, 5.41) is 11.2. The van der Waals surface area contributed by atoms with Crippen molar-refractivity contribution in [2.45, 2.75) is 58.4 Å². The summed E-state index contributed by atoms with van der Waals surface area (Å²) >= 11 is 0. The fourth-order valence-electron chi connectivity index (χ4n) is 3.41. The Bertz CT molecular complexity index is 778. The molecule has 1 N–H and O–H groups in total. The standard InChI is InChI=1S/C24H35NO2/c1-23(2,3)17-14-19(22(26)20(15-17)24(4,5)6)21(25(7)8)16-10-12-18(27-9)13-11-16/h10-15,21,26H,1-9H3. The summed E-state index contributed by atoms with van der Waals surface area (Å²) in [5.74, 6) is 1.23. The van der Waals surface area contributed by atoms with Crippen LogP contribution in [0.25, 0.3) is 0 Å². The SMILES string of the molecule is COc1ccc(C(c2cc(C(C)(C)C)cc(C(C)(C)C)c2O)N(C)C)cc1. The quantitative estimate of drug-likeness (QED) is 0.756. The maximum absolute atomic E-state index is 11.2. The van der Waals surface area contributed by atoms with Crippen LogP contribution < -0.4 is 4.74 Å². The van der Waals surface area contributed by atoms with Gasteiger partial charge in [0.25, 0.3) is 0 Å². The fraction of sp³-hybridized carbons (Fsp3) is 0.500. The zero-order valence-corrected chi connectivity index (χ0v) is 18.3. The maximum atomic E-state index is 11.2. The number of hydrogen-bond donors (Lipinski definition) is 1. The molecule has 3 nitrogen and oxygen atoms in total. The van der Waals surface area contributed by atoms with E-state index in [4.69, 9.17) is 4.74 Å². The summed E-state index contributed by atoms with van der Waals surface area (Å²) in [4.78, 5) is 2.15. The van der Waals surface area contributed by atoms with Crippen LogP contribution in [0.1, 0.15) is 69.8 Å². The lowest BCUT2D eigenvalue weighted by Gasteiger charge is -2.32. The molecular formula is C24H35NO2. The molecular weight excluding hydrogens is 334 g/mol. The van der Waals surface area contributed by atoms with Crippen molar-refractivity contribution in [3.05, 3.63) is 58.7 Å². The van der Waals surface area contributed by atoms with Gasteiger partial charge < -0.3 is 9.84 Å². The minimum absolute atomic E-state index is 0.000773. The monoisotopic (exact) mass is 369 g/mol. The average molecular weight is 370 g/mol. The fourth-order valence-corrected chi connectivity index (χ4v) is 3.41.